The van der Waals surface area contributed by atoms with Gasteiger partial charge in [0.25, 0.3) is 0 Å². The molecule has 1 aromatic carbocycles. The molecule has 0 atom stereocenters. The molecule has 0 saturated heterocycles. The second kappa shape index (κ2) is 2.95. The van der Waals surface area contributed by atoms with E-state index in [4.69, 9.17) is 5.41 Å². The second-order valence-electron chi connectivity index (χ2n) is 3.58. The molecular weight excluding hydrogens is 184 g/mol. The summed E-state index contributed by atoms with van der Waals surface area (Å²) in [6.07, 6.45) is 3.62. The molecule has 1 aliphatic carbocycles. The van der Waals surface area contributed by atoms with E-state index in [0.29, 0.717) is 0 Å². The first-order chi connectivity index (χ1) is 7.42. The van der Waals surface area contributed by atoms with Gasteiger partial charge in [0.1, 0.15) is 0 Å². The molecule has 3 rings (SSSR count). The summed E-state index contributed by atoms with van der Waals surface area (Å²) < 4.78 is 0. The van der Waals surface area contributed by atoms with Gasteiger partial charge in [-0.3, -0.25) is 5.41 Å². The molecule has 0 aromatic heterocycles. The van der Waals surface area contributed by atoms with E-state index in [1.165, 1.54) is 16.3 Å². The summed E-state index contributed by atoms with van der Waals surface area (Å²) in [6.45, 7) is 0. The number of hydrogen-bond acceptors (Lipinski definition) is 0. The Balaban J connectivity index is 2.60. The van der Waals surface area contributed by atoms with Crippen LogP contribution in [0.2, 0.25) is 0 Å². The number of nitrogens with one attached hydrogen (secondary N) is 1. The normalized spacial score (nSPS) is 10.9. The smallest absolute Gasteiger partial charge is 0.168 e. The van der Waals surface area contributed by atoms with E-state index in [0.717, 1.165) is 11.3 Å². The van der Waals surface area contributed by atoms with Crippen LogP contribution >= 0.6 is 0 Å². The molecule has 2 nitrogen and oxygen atoms in total. The lowest BCUT2D eigenvalue weighted by molar-refractivity contribution is -0.104. The van der Waals surface area contributed by atoms with E-state index in [1.807, 2.05) is 24.4 Å². The molecule has 0 spiro atoms. The highest BCUT2D eigenvalue weighted by Crippen LogP contribution is 2.35. The van der Waals surface area contributed by atoms with Crippen LogP contribution in [0.4, 0.5) is 0 Å². The highest BCUT2D eigenvalue weighted by atomic mass is 14.7. The summed E-state index contributed by atoms with van der Waals surface area (Å²) in [4.78, 5) is 3.27. The van der Waals surface area contributed by atoms with Crippen LogP contribution in [-0.4, -0.2) is 11.2 Å². The van der Waals surface area contributed by atoms with Crippen molar-refractivity contribution in [3.63, 3.8) is 0 Å². The van der Waals surface area contributed by atoms with Gasteiger partial charge in [-0.1, -0.05) is 30.3 Å². The third-order valence-electron chi connectivity index (χ3n) is 2.80. The van der Waals surface area contributed by atoms with Crippen LogP contribution in [0.15, 0.2) is 42.6 Å². The van der Waals surface area contributed by atoms with Gasteiger partial charge in [-0.2, -0.15) is 0 Å². The maximum Gasteiger partial charge on any atom is 0.168 e. The second-order valence-corrected chi connectivity index (χ2v) is 3.58. The van der Waals surface area contributed by atoms with Gasteiger partial charge in [0.15, 0.2) is 6.21 Å². The minimum absolute atomic E-state index is 1.11. The maximum absolute atomic E-state index is 5.69. The van der Waals surface area contributed by atoms with Crippen LogP contribution < -0.4 is 5.41 Å². The van der Waals surface area contributed by atoms with Gasteiger partial charge in [0.05, 0.1) is 11.3 Å². The van der Waals surface area contributed by atoms with Crippen molar-refractivity contribution >= 4 is 17.0 Å². The van der Waals surface area contributed by atoms with Crippen LogP contribution in [0, 0.1) is 0 Å². The number of benzene rings is 1. The first-order valence-electron chi connectivity index (χ1n) is 4.94. The fourth-order valence-corrected chi connectivity index (χ4v) is 2.14. The molecule has 1 heterocycles. The Kier molecular flexibility index (Phi) is 1.62. The highest BCUT2D eigenvalue weighted by molar-refractivity contribution is 6.13. The van der Waals surface area contributed by atoms with Crippen molar-refractivity contribution in [2.45, 2.75) is 0 Å². The lowest BCUT2D eigenvalue weighted by Gasteiger charge is -1.98. The molecule has 2 heteroatoms. The summed E-state index contributed by atoms with van der Waals surface area (Å²) in [6, 6.07) is 12.4. The van der Waals surface area contributed by atoms with E-state index in [1.54, 1.807) is 6.21 Å². The van der Waals surface area contributed by atoms with Crippen molar-refractivity contribution < 1.29 is 5.41 Å². The molecule has 1 aliphatic heterocycles. The molecular formula is C13H11N2+. The van der Waals surface area contributed by atoms with Gasteiger partial charge in [0.2, 0.25) is 0 Å². The molecule has 2 aliphatic rings. The summed E-state index contributed by atoms with van der Waals surface area (Å²) in [5.74, 6) is 0. The first kappa shape index (κ1) is 8.24. The fraction of sp³-hybridized carbons (Fsp3) is 0. The molecule has 0 amide bonds. The standard InChI is InChI=1S/C13H10N2/c14-8-12-9-4-1-2-5-10(9)13-11(12)6-3-7-15-13/h1-8,14-15H/p+1. The van der Waals surface area contributed by atoms with Crippen LogP contribution in [0.3, 0.4) is 0 Å². The van der Waals surface area contributed by atoms with Crippen molar-refractivity contribution in [3.8, 4) is 11.3 Å². The maximum atomic E-state index is 5.69. The molecule has 15 heavy (non-hydrogen) atoms. The number of fused-ring (bicyclic) bond motifs is 3. The predicted molar refractivity (Wildman–Crippen MR) is 62.0 cm³/mol. The lowest BCUT2D eigenvalue weighted by atomic mass is 10.1. The molecule has 72 valence electrons. The Labute approximate surface area is 87.4 Å². The van der Waals surface area contributed by atoms with Crippen LogP contribution in [0.5, 0.6) is 0 Å². The van der Waals surface area contributed by atoms with Gasteiger partial charge in [-0.05, 0) is 11.5 Å². The Morgan fingerprint density at radius 2 is 1.80 bits per heavy atom. The third kappa shape index (κ3) is 1.02. The summed E-state index contributed by atoms with van der Waals surface area (Å²) >= 11 is 0. The van der Waals surface area contributed by atoms with Crippen LogP contribution in [-0.2, 0) is 0 Å². The van der Waals surface area contributed by atoms with Gasteiger partial charge in [-0.15, -0.1) is 0 Å². The predicted octanol–water partition coefficient (Wildman–Crippen LogP) is 1.45. The number of pyridine rings is 1. The van der Waals surface area contributed by atoms with Crippen LogP contribution in [0.25, 0.3) is 22.0 Å². The van der Waals surface area contributed by atoms with Gasteiger partial charge < -0.3 is 4.98 Å². The molecule has 0 fully saturated rings. The SMILES string of the molecule is [NH2+]=Cc1c2ccc[nH]c-2c2ccccc12. The average molecular weight is 195 g/mol. The largest absolute Gasteiger partial charge is 0.361 e. The molecule has 1 aromatic rings. The molecule has 0 radical (unpaired) electrons. The number of aromatic nitrogens is 1. The molecule has 0 bridgehead atoms. The Bertz CT molecular complexity index is 607. The zero-order chi connectivity index (χ0) is 10.3. The van der Waals surface area contributed by atoms with Crippen LogP contribution in [0.1, 0.15) is 5.56 Å². The Morgan fingerprint density at radius 1 is 1.00 bits per heavy atom. The lowest BCUT2D eigenvalue weighted by Crippen LogP contribution is -2.30. The minimum atomic E-state index is 1.11. The molecule has 3 N–H and O–H groups in total. The quantitative estimate of drug-likeness (QED) is 0.552. The molecule has 0 unspecified atom stereocenters. The summed E-state index contributed by atoms with van der Waals surface area (Å²) in [7, 11) is 0. The molecule has 0 saturated carbocycles. The van der Waals surface area contributed by atoms with E-state index < -0.39 is 0 Å². The monoisotopic (exact) mass is 195 g/mol. The van der Waals surface area contributed by atoms with E-state index in [9.17, 15) is 0 Å². The number of aromatic amines is 1. The Morgan fingerprint density at radius 3 is 2.60 bits per heavy atom. The summed E-state index contributed by atoms with van der Waals surface area (Å²) in [5, 5.41) is 8.12. The number of hydrogen-bond donors (Lipinski definition) is 2. The van der Waals surface area contributed by atoms with Gasteiger partial charge >= 0.3 is 0 Å². The summed E-state index contributed by atoms with van der Waals surface area (Å²) in [5.41, 5.74) is 3.45. The highest BCUT2D eigenvalue weighted by Gasteiger charge is 2.16. The van der Waals surface area contributed by atoms with Crippen molar-refractivity contribution in [2.24, 2.45) is 0 Å². The topological polar surface area (TPSA) is 41.4 Å². The van der Waals surface area contributed by atoms with Gasteiger partial charge in [0, 0.05) is 17.1 Å². The van der Waals surface area contributed by atoms with E-state index in [2.05, 4.69) is 23.2 Å². The van der Waals surface area contributed by atoms with Crippen molar-refractivity contribution in [1.82, 2.24) is 4.98 Å². The fourth-order valence-electron chi connectivity index (χ4n) is 2.14. The minimum Gasteiger partial charge on any atom is -0.361 e. The van der Waals surface area contributed by atoms with Crippen molar-refractivity contribution in [3.05, 3.63) is 48.2 Å². The first-order valence-corrected chi connectivity index (χ1v) is 4.94. The van der Waals surface area contributed by atoms with Crippen molar-refractivity contribution in [2.75, 3.05) is 0 Å². The van der Waals surface area contributed by atoms with E-state index in [-0.39, 0.29) is 0 Å². The van der Waals surface area contributed by atoms with E-state index >= 15 is 0 Å². The van der Waals surface area contributed by atoms with Gasteiger partial charge in [-0.25, -0.2) is 0 Å². The number of H-pyrrole nitrogens is 1. The zero-order valence-electron chi connectivity index (χ0n) is 8.20. The third-order valence-corrected chi connectivity index (χ3v) is 2.80. The van der Waals surface area contributed by atoms with Crippen molar-refractivity contribution in [1.29, 1.82) is 0 Å². The Hall–Kier alpha value is -2.09. The zero-order valence-corrected chi connectivity index (χ0v) is 8.20. The number of nitrogens with two attached hydrogens (primary N) is 1. The average Bonchev–Trinajstić information content (AvgIpc) is 2.63. The number of rotatable bonds is 1.